The smallest absolute Gasteiger partial charge is 0.159 e. The van der Waals surface area contributed by atoms with Crippen molar-refractivity contribution in [3.8, 4) is 11.1 Å². The summed E-state index contributed by atoms with van der Waals surface area (Å²) in [6.07, 6.45) is 0. The second kappa shape index (κ2) is 4.19. The molecule has 0 unspecified atom stereocenters. The van der Waals surface area contributed by atoms with Gasteiger partial charge < -0.3 is 5.73 Å². The molecule has 2 nitrogen and oxygen atoms in total. The molecule has 2 rings (SSSR count). The number of ketones is 1. The third kappa shape index (κ3) is 2.11. The predicted molar refractivity (Wildman–Crippen MR) is 66.3 cm³/mol. The van der Waals surface area contributed by atoms with Crippen LogP contribution in [0.5, 0.6) is 0 Å². The van der Waals surface area contributed by atoms with E-state index in [-0.39, 0.29) is 5.78 Å². The van der Waals surface area contributed by atoms with Crippen LogP contribution in [0.25, 0.3) is 11.1 Å². The normalized spacial score (nSPS) is 10.1. The molecule has 0 aliphatic rings. The van der Waals surface area contributed by atoms with Gasteiger partial charge in [-0.25, -0.2) is 0 Å². The van der Waals surface area contributed by atoms with Gasteiger partial charge in [-0.15, -0.1) is 0 Å². The van der Waals surface area contributed by atoms with E-state index in [1.165, 1.54) is 0 Å². The summed E-state index contributed by atoms with van der Waals surface area (Å²) in [5.41, 5.74) is 9.30. The van der Waals surface area contributed by atoms with Crippen molar-refractivity contribution < 1.29 is 4.79 Å². The summed E-state index contributed by atoms with van der Waals surface area (Å²) in [5.74, 6) is 0.0869. The van der Waals surface area contributed by atoms with E-state index in [2.05, 4.69) is 0 Å². The monoisotopic (exact) mass is 211 g/mol. The van der Waals surface area contributed by atoms with E-state index < -0.39 is 0 Å². The van der Waals surface area contributed by atoms with Crippen LogP contribution in [0, 0.1) is 0 Å². The van der Waals surface area contributed by atoms with Crippen LogP contribution in [-0.2, 0) is 0 Å². The Morgan fingerprint density at radius 1 is 0.875 bits per heavy atom. The summed E-state index contributed by atoms with van der Waals surface area (Å²) in [4.78, 5) is 11.1. The van der Waals surface area contributed by atoms with Crippen molar-refractivity contribution in [2.24, 2.45) is 0 Å². The SMILES string of the molecule is CC(=O)c1ccc(-c2ccc(N)cc2)cc1. The molecule has 2 aromatic rings. The first-order chi connectivity index (χ1) is 7.66. The fourth-order valence-electron chi connectivity index (χ4n) is 1.57. The van der Waals surface area contributed by atoms with Crippen molar-refractivity contribution in [2.45, 2.75) is 6.92 Å². The van der Waals surface area contributed by atoms with Gasteiger partial charge in [0.1, 0.15) is 0 Å². The summed E-state index contributed by atoms with van der Waals surface area (Å²) >= 11 is 0. The average molecular weight is 211 g/mol. The maximum absolute atomic E-state index is 11.1. The Labute approximate surface area is 94.7 Å². The Kier molecular flexibility index (Phi) is 2.73. The lowest BCUT2D eigenvalue weighted by molar-refractivity contribution is 0.101. The Balaban J connectivity index is 2.34. The number of hydrogen-bond donors (Lipinski definition) is 1. The number of carbonyl (C=O) groups excluding carboxylic acids is 1. The van der Waals surface area contributed by atoms with Gasteiger partial charge in [0.25, 0.3) is 0 Å². The first-order valence-corrected chi connectivity index (χ1v) is 5.14. The predicted octanol–water partition coefficient (Wildman–Crippen LogP) is 3.14. The molecule has 0 heterocycles. The van der Waals surface area contributed by atoms with Gasteiger partial charge in [-0.1, -0.05) is 36.4 Å². The zero-order valence-corrected chi connectivity index (χ0v) is 9.10. The Bertz CT molecular complexity index is 497. The van der Waals surface area contributed by atoms with Crippen LogP contribution in [0.2, 0.25) is 0 Å². The maximum atomic E-state index is 11.1. The molecule has 0 bridgehead atoms. The number of Topliss-reactive ketones (excluding diaryl/α,β-unsaturated/α-hetero) is 1. The first-order valence-electron chi connectivity index (χ1n) is 5.14. The lowest BCUT2D eigenvalue weighted by Gasteiger charge is -2.03. The summed E-state index contributed by atoms with van der Waals surface area (Å²) < 4.78 is 0. The number of nitrogens with two attached hydrogens (primary N) is 1. The summed E-state index contributed by atoms with van der Waals surface area (Å²) in [6, 6.07) is 15.3. The summed E-state index contributed by atoms with van der Waals surface area (Å²) in [5, 5.41) is 0. The van der Waals surface area contributed by atoms with Crippen LogP contribution in [0.4, 0.5) is 5.69 Å². The highest BCUT2D eigenvalue weighted by Crippen LogP contribution is 2.20. The highest BCUT2D eigenvalue weighted by atomic mass is 16.1. The summed E-state index contributed by atoms with van der Waals surface area (Å²) in [7, 11) is 0. The molecular formula is C14H13NO. The quantitative estimate of drug-likeness (QED) is 0.612. The molecule has 16 heavy (non-hydrogen) atoms. The molecule has 2 N–H and O–H groups in total. The molecule has 2 heteroatoms. The Morgan fingerprint density at radius 3 is 1.75 bits per heavy atom. The molecule has 0 saturated carbocycles. The molecule has 0 fully saturated rings. The van der Waals surface area contributed by atoms with Crippen molar-refractivity contribution in [3.63, 3.8) is 0 Å². The van der Waals surface area contributed by atoms with E-state index in [1.807, 2.05) is 48.5 Å². The van der Waals surface area contributed by atoms with Crippen LogP contribution in [0.15, 0.2) is 48.5 Å². The average Bonchev–Trinajstić information content (AvgIpc) is 2.30. The minimum Gasteiger partial charge on any atom is -0.399 e. The first kappa shape index (κ1) is 10.4. The third-order valence-corrected chi connectivity index (χ3v) is 2.54. The number of rotatable bonds is 2. The Hall–Kier alpha value is -2.09. The van der Waals surface area contributed by atoms with Gasteiger partial charge in [0.2, 0.25) is 0 Å². The van der Waals surface area contributed by atoms with Crippen LogP contribution in [0.1, 0.15) is 17.3 Å². The van der Waals surface area contributed by atoms with E-state index >= 15 is 0 Å². The molecule has 0 amide bonds. The largest absolute Gasteiger partial charge is 0.399 e. The standard InChI is InChI=1S/C14H13NO/c1-10(16)11-2-4-12(5-3-11)13-6-8-14(15)9-7-13/h2-9H,15H2,1H3. The van der Waals surface area contributed by atoms with Crippen LogP contribution in [0.3, 0.4) is 0 Å². The molecule has 0 radical (unpaired) electrons. The van der Waals surface area contributed by atoms with Crippen molar-refractivity contribution >= 4 is 11.5 Å². The maximum Gasteiger partial charge on any atom is 0.159 e. The molecule has 0 saturated heterocycles. The van der Waals surface area contributed by atoms with Gasteiger partial charge >= 0.3 is 0 Å². The van der Waals surface area contributed by atoms with Crippen LogP contribution >= 0.6 is 0 Å². The van der Waals surface area contributed by atoms with Gasteiger partial charge in [0.05, 0.1) is 0 Å². The minimum absolute atomic E-state index is 0.0869. The molecule has 80 valence electrons. The molecule has 0 aromatic heterocycles. The van der Waals surface area contributed by atoms with Gasteiger partial charge in [0.15, 0.2) is 5.78 Å². The molecule has 0 atom stereocenters. The number of anilines is 1. The summed E-state index contributed by atoms with van der Waals surface area (Å²) in [6.45, 7) is 1.57. The van der Waals surface area contributed by atoms with Crippen LogP contribution in [-0.4, -0.2) is 5.78 Å². The van der Waals surface area contributed by atoms with Crippen molar-refractivity contribution in [1.29, 1.82) is 0 Å². The van der Waals surface area contributed by atoms with Gasteiger partial charge in [-0.05, 0) is 30.2 Å². The van der Waals surface area contributed by atoms with E-state index in [1.54, 1.807) is 6.92 Å². The topological polar surface area (TPSA) is 43.1 Å². The van der Waals surface area contributed by atoms with E-state index in [0.717, 1.165) is 22.4 Å². The second-order valence-corrected chi connectivity index (χ2v) is 3.76. The fraction of sp³-hybridized carbons (Fsp3) is 0.0714. The fourth-order valence-corrected chi connectivity index (χ4v) is 1.57. The van der Waals surface area contributed by atoms with Gasteiger partial charge in [-0.3, -0.25) is 4.79 Å². The van der Waals surface area contributed by atoms with E-state index in [0.29, 0.717) is 0 Å². The number of carbonyl (C=O) groups is 1. The molecular weight excluding hydrogens is 198 g/mol. The number of nitrogen functional groups attached to an aromatic ring is 1. The third-order valence-electron chi connectivity index (χ3n) is 2.54. The van der Waals surface area contributed by atoms with E-state index in [9.17, 15) is 4.79 Å². The number of hydrogen-bond acceptors (Lipinski definition) is 2. The highest BCUT2D eigenvalue weighted by molar-refractivity contribution is 5.94. The number of benzene rings is 2. The molecule has 0 aliphatic heterocycles. The van der Waals surface area contributed by atoms with Crippen LogP contribution < -0.4 is 5.73 Å². The molecule has 2 aromatic carbocycles. The second-order valence-electron chi connectivity index (χ2n) is 3.76. The van der Waals surface area contributed by atoms with E-state index in [4.69, 9.17) is 5.73 Å². The molecule has 0 spiro atoms. The zero-order valence-electron chi connectivity index (χ0n) is 9.10. The molecule has 0 aliphatic carbocycles. The lowest BCUT2D eigenvalue weighted by atomic mass is 10.0. The minimum atomic E-state index is 0.0869. The van der Waals surface area contributed by atoms with Crippen molar-refractivity contribution in [2.75, 3.05) is 5.73 Å². The van der Waals surface area contributed by atoms with Crippen molar-refractivity contribution in [3.05, 3.63) is 54.1 Å². The van der Waals surface area contributed by atoms with Crippen molar-refractivity contribution in [1.82, 2.24) is 0 Å². The van der Waals surface area contributed by atoms with Gasteiger partial charge in [0, 0.05) is 11.3 Å². The Morgan fingerprint density at radius 2 is 1.31 bits per heavy atom. The highest BCUT2D eigenvalue weighted by Gasteiger charge is 2.00. The lowest BCUT2D eigenvalue weighted by Crippen LogP contribution is -1.90. The zero-order chi connectivity index (χ0) is 11.5. The van der Waals surface area contributed by atoms with Gasteiger partial charge in [-0.2, -0.15) is 0 Å².